The van der Waals surface area contributed by atoms with Gasteiger partial charge in [0, 0.05) is 37.0 Å². The van der Waals surface area contributed by atoms with Crippen LogP contribution in [0, 0.1) is 5.92 Å². The summed E-state index contributed by atoms with van der Waals surface area (Å²) in [5, 5.41) is 16.5. The lowest BCUT2D eigenvalue weighted by atomic mass is 9.90. The average molecular weight is 779 g/mol. The van der Waals surface area contributed by atoms with E-state index in [1.807, 2.05) is 50.2 Å². The Bertz CT molecular complexity index is 1920. The third kappa shape index (κ3) is 11.9. The molecule has 302 valence electrons. The highest BCUT2D eigenvalue weighted by Crippen LogP contribution is 2.44. The molecular weight excluding hydrogens is 725 g/mol. The molecule has 1 aliphatic heterocycles. The number of fused-ring (bicyclic) bond motifs is 5. The van der Waals surface area contributed by atoms with Crippen LogP contribution in [0.1, 0.15) is 77.3 Å². The van der Waals surface area contributed by atoms with Crippen LogP contribution >= 0.6 is 0 Å². The zero-order valence-electron chi connectivity index (χ0n) is 33.5. The molecule has 2 aromatic rings. The lowest BCUT2D eigenvalue weighted by Gasteiger charge is -2.29. The molecule has 0 aromatic heterocycles. The van der Waals surface area contributed by atoms with Crippen LogP contribution < -0.4 is 10.6 Å². The molecule has 2 amide bonds. The first kappa shape index (κ1) is 44.1. The monoisotopic (exact) mass is 778 g/mol. The second-order valence-electron chi connectivity index (χ2n) is 13.9. The predicted octanol–water partition coefficient (Wildman–Crippen LogP) is 7.13. The summed E-state index contributed by atoms with van der Waals surface area (Å²) in [5.74, 6) is -2.75. The van der Waals surface area contributed by atoms with Crippen molar-refractivity contribution < 1.29 is 43.3 Å². The van der Waals surface area contributed by atoms with E-state index in [1.54, 1.807) is 56.4 Å². The van der Waals surface area contributed by atoms with E-state index >= 15 is 0 Å². The van der Waals surface area contributed by atoms with Crippen molar-refractivity contribution in [3.8, 4) is 11.1 Å². The van der Waals surface area contributed by atoms with E-state index in [-0.39, 0.29) is 43.1 Å². The van der Waals surface area contributed by atoms with E-state index in [2.05, 4.69) is 22.8 Å². The van der Waals surface area contributed by atoms with E-state index in [1.165, 1.54) is 20.1 Å². The molecule has 2 aromatic carbocycles. The highest BCUT2D eigenvalue weighted by Gasteiger charge is 2.32. The van der Waals surface area contributed by atoms with Crippen molar-refractivity contribution in [1.29, 1.82) is 0 Å². The van der Waals surface area contributed by atoms with Crippen LogP contribution in [0.3, 0.4) is 0 Å². The van der Waals surface area contributed by atoms with Crippen molar-refractivity contribution in [3.63, 3.8) is 0 Å². The third-order valence-corrected chi connectivity index (χ3v) is 10.00. The summed E-state index contributed by atoms with van der Waals surface area (Å²) in [6, 6.07) is 15.0. The normalized spacial score (nSPS) is 24.8. The van der Waals surface area contributed by atoms with Gasteiger partial charge in [0.1, 0.15) is 18.8 Å². The summed E-state index contributed by atoms with van der Waals surface area (Å²) in [6.07, 6.45) is 12.1. The molecule has 3 aliphatic rings. The second-order valence-corrected chi connectivity index (χ2v) is 13.9. The minimum Gasteiger partial charge on any atom is -0.460 e. The highest BCUT2D eigenvalue weighted by molar-refractivity contribution is 6.21. The number of Topliss-reactive ketones (excluding diaryl/α,β-unsaturated/α-hetero) is 1. The number of amides is 2. The van der Waals surface area contributed by atoms with Crippen molar-refractivity contribution in [2.24, 2.45) is 5.92 Å². The van der Waals surface area contributed by atoms with Crippen molar-refractivity contribution >= 4 is 29.5 Å². The molecule has 1 heterocycles. The molecule has 0 saturated carbocycles. The van der Waals surface area contributed by atoms with E-state index in [0.29, 0.717) is 12.0 Å². The fourth-order valence-electron chi connectivity index (χ4n) is 6.85. The van der Waals surface area contributed by atoms with Gasteiger partial charge < -0.3 is 30.0 Å². The number of aliphatic hydroxyl groups is 1. The van der Waals surface area contributed by atoms with Gasteiger partial charge in [-0.3, -0.25) is 14.4 Å². The molecule has 0 spiro atoms. The molecule has 3 N–H and O–H groups in total. The van der Waals surface area contributed by atoms with Gasteiger partial charge in [0.05, 0.1) is 24.3 Å². The Morgan fingerprint density at radius 2 is 1.60 bits per heavy atom. The van der Waals surface area contributed by atoms with Crippen molar-refractivity contribution in [3.05, 3.63) is 131 Å². The largest absolute Gasteiger partial charge is 0.460 e. The summed E-state index contributed by atoms with van der Waals surface area (Å²) in [6.45, 7) is 9.11. The molecule has 5 atom stereocenters. The predicted molar refractivity (Wildman–Crippen MR) is 219 cm³/mol. The molecule has 57 heavy (non-hydrogen) atoms. The number of allylic oxidation sites excluding steroid dienone is 8. The molecule has 11 heteroatoms. The molecule has 11 nitrogen and oxygen atoms in total. The lowest BCUT2D eigenvalue weighted by Crippen LogP contribution is -2.43. The van der Waals surface area contributed by atoms with Gasteiger partial charge >= 0.3 is 12.1 Å². The second kappa shape index (κ2) is 21.6. The van der Waals surface area contributed by atoms with E-state index < -0.39 is 59.8 Å². The number of ketones is 2. The van der Waals surface area contributed by atoms with Crippen LogP contribution in [0.15, 0.2) is 120 Å². The Morgan fingerprint density at radius 1 is 0.947 bits per heavy atom. The number of nitrogens with one attached hydrogen (secondary N) is 2. The number of aliphatic hydroxyl groups excluding tert-OH is 1. The zero-order chi connectivity index (χ0) is 41.5. The minimum atomic E-state index is -1.05. The molecule has 5 rings (SSSR count). The quantitative estimate of drug-likeness (QED) is 0.158. The van der Waals surface area contributed by atoms with E-state index in [0.717, 1.165) is 28.3 Å². The zero-order valence-corrected chi connectivity index (χ0v) is 33.5. The molecule has 2 bridgehead atoms. The molecule has 2 aliphatic carbocycles. The molecule has 5 unspecified atom stereocenters. The van der Waals surface area contributed by atoms with Gasteiger partial charge in [-0.2, -0.15) is 0 Å². The van der Waals surface area contributed by atoms with Gasteiger partial charge in [-0.15, -0.1) is 0 Å². The maximum absolute atomic E-state index is 13.4. The Morgan fingerprint density at radius 3 is 2.26 bits per heavy atom. The fourth-order valence-corrected chi connectivity index (χ4v) is 6.85. The van der Waals surface area contributed by atoms with Gasteiger partial charge in [0.2, 0.25) is 11.7 Å². The van der Waals surface area contributed by atoms with Crippen LogP contribution in [0.4, 0.5) is 4.79 Å². The van der Waals surface area contributed by atoms with Gasteiger partial charge in [-0.1, -0.05) is 112 Å². The van der Waals surface area contributed by atoms with Gasteiger partial charge in [0.15, 0.2) is 5.78 Å². The van der Waals surface area contributed by atoms with E-state index in [9.17, 15) is 29.1 Å². The highest BCUT2D eigenvalue weighted by atomic mass is 16.6. The fraction of sp³-hybridized carbons (Fsp3) is 0.370. The number of hydrogen-bond acceptors (Lipinski definition) is 9. The number of benzene rings is 2. The summed E-state index contributed by atoms with van der Waals surface area (Å²) < 4.78 is 16.9. The lowest BCUT2D eigenvalue weighted by molar-refractivity contribution is -0.155. The summed E-state index contributed by atoms with van der Waals surface area (Å²) in [4.78, 5) is 64.5. The van der Waals surface area contributed by atoms with Crippen LogP contribution in [0.5, 0.6) is 0 Å². The third-order valence-electron chi connectivity index (χ3n) is 10.00. The number of rotatable bonds is 6. The smallest absolute Gasteiger partial charge is 0.407 e. The summed E-state index contributed by atoms with van der Waals surface area (Å²) in [7, 11) is 1.46. The number of methoxy groups -OCH3 is 1. The molecule has 0 radical (unpaired) electrons. The van der Waals surface area contributed by atoms with Crippen LogP contribution in [-0.4, -0.2) is 72.7 Å². The average Bonchev–Trinajstić information content (AvgIpc) is 3.53. The number of ether oxygens (including phenoxy) is 3. The van der Waals surface area contributed by atoms with Gasteiger partial charge in [-0.05, 0) is 60.6 Å². The summed E-state index contributed by atoms with van der Waals surface area (Å²) >= 11 is 0. The number of alkyl carbamates (subject to hydrolysis) is 1. The Balaban J connectivity index is 0.00000354. The number of esters is 1. The van der Waals surface area contributed by atoms with E-state index in [4.69, 9.17) is 14.2 Å². The first-order valence-electron chi connectivity index (χ1n) is 19.5. The molecule has 0 saturated heterocycles. The number of hydrogen-bond donors (Lipinski definition) is 3. The van der Waals surface area contributed by atoms with Crippen molar-refractivity contribution in [2.75, 3.05) is 13.7 Å². The Labute approximate surface area is 335 Å². The SMILES string of the molecule is CC.COC1/C=C/C=C/C=C/CC(OC(=O)C(C)NC(=O)OCC2c3ccccc3-c3ccccc32)C(C)C(O)/C(C)=C\CCC2=CC(=O)C=C(NC(=O)C1)C2=O. The van der Waals surface area contributed by atoms with Crippen LogP contribution in [0.25, 0.3) is 11.1 Å². The van der Waals surface area contributed by atoms with Crippen LogP contribution in [-0.2, 0) is 33.4 Å². The van der Waals surface area contributed by atoms with Crippen molar-refractivity contribution in [2.45, 2.75) is 90.6 Å². The van der Waals surface area contributed by atoms with Gasteiger partial charge in [-0.25, -0.2) is 9.59 Å². The minimum absolute atomic E-state index is 0.0755. The maximum Gasteiger partial charge on any atom is 0.407 e. The first-order chi connectivity index (χ1) is 27.5. The first-order valence-corrected chi connectivity index (χ1v) is 19.5. The standard InChI is InChI=1S/C44H48N2O9.C2H6/c1-27-15-14-16-30-23-31(47)24-38(42(30)50)46-40(48)25-32(53-4)17-8-6-5-7-9-22-39(28(2)41(27)49)55-43(51)29(3)45-44(52)54-26-37-35-20-12-10-18-33(35)34-19-11-13-21-36(34)37;1-2/h5-13,15,17-21,23-24,28-29,32,37,39,41,49H,14,16,22,25-26H2,1-4H3,(H,45,52)(H,46,48);1-2H3/b6-5+,9-7+,17-8+,27-15-;. The Kier molecular flexibility index (Phi) is 16.7. The maximum atomic E-state index is 13.4. The van der Waals surface area contributed by atoms with Gasteiger partial charge in [0.25, 0.3) is 0 Å². The molecular formula is C46H54N2O9. The topological polar surface area (TPSA) is 157 Å². The molecule has 0 fully saturated rings. The van der Waals surface area contributed by atoms with Crippen molar-refractivity contribution in [1.82, 2.24) is 10.6 Å². The Hall–Kier alpha value is -5.65. The van der Waals surface area contributed by atoms with Crippen LogP contribution in [0.2, 0.25) is 0 Å². The number of carbonyl (C=O) groups excluding carboxylic acids is 5. The summed E-state index contributed by atoms with van der Waals surface area (Å²) in [5.41, 5.74) is 5.08. The number of carbonyl (C=O) groups is 5.